The summed E-state index contributed by atoms with van der Waals surface area (Å²) in [4.78, 5) is 23.2. The largest absolute Gasteiger partial charge is 0.354 e. The minimum absolute atomic E-state index is 0. The second-order valence-corrected chi connectivity index (χ2v) is 9.60. The lowest BCUT2D eigenvalue weighted by molar-refractivity contribution is -0.134. The topological polar surface area (TPSA) is 60.0 Å². The first-order chi connectivity index (χ1) is 14.2. The van der Waals surface area contributed by atoms with Crippen molar-refractivity contribution in [1.82, 2.24) is 20.4 Å². The van der Waals surface area contributed by atoms with Gasteiger partial charge in [-0.15, -0.1) is 35.3 Å². The molecule has 0 radical (unpaired) electrons. The van der Waals surface area contributed by atoms with Crippen LogP contribution < -0.4 is 10.6 Å². The van der Waals surface area contributed by atoms with Crippen molar-refractivity contribution >= 4 is 47.2 Å². The van der Waals surface area contributed by atoms with Crippen LogP contribution in [0.25, 0.3) is 0 Å². The number of amides is 1. The average Bonchev–Trinajstić information content (AvgIpc) is 3.55. The zero-order chi connectivity index (χ0) is 20.1. The highest BCUT2D eigenvalue weighted by Gasteiger charge is 2.32. The maximum Gasteiger partial charge on any atom is 0.225 e. The standard InChI is InChI=1S/C22H35N5OS.HI/c1-23-22(24-15-19(20-9-6-14-29-20)26-11-4-5-12-26)25-18-10-13-27(16-18)21(28)17-7-2-3-8-17;/h6,9,14,17-19H,2-5,7-8,10-13,15-16H2,1H3,(H2,23,24,25);1H. The van der Waals surface area contributed by atoms with Crippen LogP contribution in [0.15, 0.2) is 22.5 Å². The molecule has 1 aliphatic carbocycles. The predicted octanol–water partition coefficient (Wildman–Crippen LogP) is 3.46. The zero-order valence-electron chi connectivity index (χ0n) is 18.0. The van der Waals surface area contributed by atoms with Crippen LogP contribution in [-0.2, 0) is 4.79 Å². The Kier molecular flexibility index (Phi) is 9.25. The lowest BCUT2D eigenvalue weighted by atomic mass is 10.1. The van der Waals surface area contributed by atoms with Crippen molar-refractivity contribution in [3.8, 4) is 0 Å². The van der Waals surface area contributed by atoms with Crippen molar-refractivity contribution in [3.63, 3.8) is 0 Å². The number of thiophene rings is 1. The Hall–Kier alpha value is -0.870. The lowest BCUT2D eigenvalue weighted by Gasteiger charge is -2.28. The molecule has 0 aromatic carbocycles. The van der Waals surface area contributed by atoms with E-state index in [0.29, 0.717) is 18.0 Å². The molecule has 0 spiro atoms. The average molecular weight is 546 g/mol. The quantitative estimate of drug-likeness (QED) is 0.327. The first-order valence-corrected chi connectivity index (χ1v) is 12.2. The summed E-state index contributed by atoms with van der Waals surface area (Å²) in [6, 6.07) is 5.08. The number of hydrogen-bond acceptors (Lipinski definition) is 4. The molecule has 30 heavy (non-hydrogen) atoms. The summed E-state index contributed by atoms with van der Waals surface area (Å²) in [5, 5.41) is 9.29. The van der Waals surface area contributed by atoms with Crippen molar-refractivity contribution in [3.05, 3.63) is 22.4 Å². The second-order valence-electron chi connectivity index (χ2n) is 8.62. The Labute approximate surface area is 201 Å². The molecule has 2 saturated heterocycles. The van der Waals surface area contributed by atoms with Crippen LogP contribution in [0.2, 0.25) is 0 Å². The van der Waals surface area contributed by atoms with E-state index in [2.05, 4.69) is 42.9 Å². The molecule has 3 heterocycles. The van der Waals surface area contributed by atoms with Gasteiger partial charge in [0.2, 0.25) is 5.91 Å². The lowest BCUT2D eigenvalue weighted by Crippen LogP contribution is -2.47. The Bertz CT molecular complexity index is 686. The molecule has 3 aliphatic rings. The Morgan fingerprint density at radius 1 is 1.20 bits per heavy atom. The fourth-order valence-corrected chi connectivity index (χ4v) is 5.90. The highest BCUT2D eigenvalue weighted by atomic mass is 127. The van der Waals surface area contributed by atoms with Gasteiger partial charge in [0, 0.05) is 43.5 Å². The summed E-state index contributed by atoms with van der Waals surface area (Å²) in [5.74, 6) is 1.51. The van der Waals surface area contributed by atoms with E-state index in [0.717, 1.165) is 44.9 Å². The molecule has 2 N–H and O–H groups in total. The third-order valence-electron chi connectivity index (χ3n) is 6.68. The summed E-state index contributed by atoms with van der Waals surface area (Å²) in [6.07, 6.45) is 8.17. The minimum atomic E-state index is 0. The number of nitrogens with one attached hydrogen (secondary N) is 2. The van der Waals surface area contributed by atoms with Crippen LogP contribution in [-0.4, -0.2) is 67.5 Å². The number of likely N-dealkylation sites (tertiary alicyclic amines) is 2. The molecule has 6 nitrogen and oxygen atoms in total. The van der Waals surface area contributed by atoms with E-state index in [1.54, 1.807) is 0 Å². The highest BCUT2D eigenvalue weighted by molar-refractivity contribution is 14.0. The fourth-order valence-electron chi connectivity index (χ4n) is 5.03. The van der Waals surface area contributed by atoms with Crippen molar-refractivity contribution in [1.29, 1.82) is 0 Å². The van der Waals surface area contributed by atoms with Gasteiger partial charge in [0.15, 0.2) is 5.96 Å². The molecule has 1 amide bonds. The number of rotatable bonds is 6. The molecular formula is C22H36IN5OS. The number of carbonyl (C=O) groups is 1. The maximum atomic E-state index is 12.7. The fraction of sp³-hybridized carbons (Fsp3) is 0.727. The van der Waals surface area contributed by atoms with Gasteiger partial charge in [-0.1, -0.05) is 18.9 Å². The number of guanidine groups is 1. The van der Waals surface area contributed by atoms with Gasteiger partial charge in [-0.05, 0) is 56.6 Å². The molecule has 168 valence electrons. The van der Waals surface area contributed by atoms with Crippen molar-refractivity contribution < 1.29 is 4.79 Å². The van der Waals surface area contributed by atoms with Gasteiger partial charge in [-0.2, -0.15) is 0 Å². The van der Waals surface area contributed by atoms with Crippen LogP contribution in [0.1, 0.15) is 55.9 Å². The van der Waals surface area contributed by atoms with E-state index in [1.807, 2.05) is 18.4 Å². The van der Waals surface area contributed by atoms with E-state index < -0.39 is 0 Å². The molecule has 2 atom stereocenters. The summed E-state index contributed by atoms with van der Waals surface area (Å²) in [6.45, 7) is 4.89. The molecule has 3 fully saturated rings. The van der Waals surface area contributed by atoms with Gasteiger partial charge < -0.3 is 15.5 Å². The third-order valence-corrected chi connectivity index (χ3v) is 7.66. The van der Waals surface area contributed by atoms with E-state index in [-0.39, 0.29) is 29.9 Å². The van der Waals surface area contributed by atoms with Crippen LogP contribution in [0.3, 0.4) is 0 Å². The van der Waals surface area contributed by atoms with E-state index in [1.165, 1.54) is 43.6 Å². The minimum Gasteiger partial charge on any atom is -0.354 e. The van der Waals surface area contributed by atoms with Crippen molar-refractivity contribution in [2.75, 3.05) is 39.8 Å². The van der Waals surface area contributed by atoms with Crippen LogP contribution in [0, 0.1) is 5.92 Å². The summed E-state index contributed by atoms with van der Waals surface area (Å²) in [7, 11) is 1.84. The second kappa shape index (κ2) is 11.7. The molecule has 1 saturated carbocycles. The molecule has 2 unspecified atom stereocenters. The van der Waals surface area contributed by atoms with E-state index in [9.17, 15) is 4.79 Å². The SMILES string of the molecule is CN=C(NCC(c1cccs1)N1CCCC1)NC1CCN(C(=O)C2CCCC2)C1.I. The molecule has 0 bridgehead atoms. The zero-order valence-corrected chi connectivity index (χ0v) is 21.2. The molecular weight excluding hydrogens is 509 g/mol. The van der Waals surface area contributed by atoms with Crippen molar-refractivity contribution in [2.24, 2.45) is 10.9 Å². The van der Waals surface area contributed by atoms with Gasteiger partial charge in [0.05, 0.1) is 6.04 Å². The van der Waals surface area contributed by atoms with Gasteiger partial charge in [-0.25, -0.2) is 0 Å². The Morgan fingerprint density at radius 3 is 2.63 bits per heavy atom. The summed E-state index contributed by atoms with van der Waals surface area (Å²) >= 11 is 1.84. The van der Waals surface area contributed by atoms with E-state index >= 15 is 0 Å². The molecule has 4 rings (SSSR count). The summed E-state index contributed by atoms with van der Waals surface area (Å²) < 4.78 is 0. The number of aliphatic imine (C=N–C) groups is 1. The highest BCUT2D eigenvalue weighted by Crippen LogP contribution is 2.29. The van der Waals surface area contributed by atoms with Gasteiger partial charge >= 0.3 is 0 Å². The number of nitrogens with zero attached hydrogens (tertiary/aromatic N) is 3. The monoisotopic (exact) mass is 545 g/mol. The van der Waals surface area contributed by atoms with Gasteiger partial charge in [0.1, 0.15) is 0 Å². The van der Waals surface area contributed by atoms with Crippen molar-refractivity contribution in [2.45, 2.75) is 57.0 Å². The van der Waals surface area contributed by atoms with Crippen LogP contribution >= 0.6 is 35.3 Å². The predicted molar refractivity (Wildman–Crippen MR) is 135 cm³/mol. The first kappa shape index (κ1) is 23.8. The van der Waals surface area contributed by atoms with E-state index in [4.69, 9.17) is 0 Å². The molecule has 1 aromatic rings. The normalized spacial score (nSPS) is 24.1. The molecule has 2 aliphatic heterocycles. The Morgan fingerprint density at radius 2 is 1.97 bits per heavy atom. The first-order valence-electron chi connectivity index (χ1n) is 11.3. The van der Waals surface area contributed by atoms with Gasteiger partial charge in [0.25, 0.3) is 0 Å². The smallest absolute Gasteiger partial charge is 0.225 e. The number of carbonyl (C=O) groups excluding carboxylic acids is 1. The summed E-state index contributed by atoms with van der Waals surface area (Å²) in [5.41, 5.74) is 0. The third kappa shape index (κ3) is 5.88. The van der Waals surface area contributed by atoms with Gasteiger partial charge in [-0.3, -0.25) is 14.7 Å². The molecule has 8 heteroatoms. The maximum absolute atomic E-state index is 12.7. The van der Waals surface area contributed by atoms with Crippen LogP contribution in [0.4, 0.5) is 0 Å². The number of halogens is 1. The Balaban J connectivity index is 0.00000256. The van der Waals surface area contributed by atoms with Crippen LogP contribution in [0.5, 0.6) is 0 Å². The number of hydrogen-bond donors (Lipinski definition) is 2. The molecule has 1 aromatic heterocycles.